The third kappa shape index (κ3) is 4.01. The summed E-state index contributed by atoms with van der Waals surface area (Å²) in [6, 6.07) is 20.6. The van der Waals surface area contributed by atoms with Gasteiger partial charge in [-0.05, 0) is 24.2 Å². The summed E-state index contributed by atoms with van der Waals surface area (Å²) in [4.78, 5) is 18.0. The van der Waals surface area contributed by atoms with E-state index in [2.05, 4.69) is 24.0 Å². The molecular formula is C23H23N5O2. The number of pyridine rings is 1. The molecule has 0 unspecified atom stereocenters. The lowest BCUT2D eigenvalue weighted by molar-refractivity contribution is -0.384. The van der Waals surface area contributed by atoms with Crippen LogP contribution >= 0.6 is 0 Å². The first-order valence-corrected chi connectivity index (χ1v) is 9.82. The number of rotatable bonds is 7. The predicted molar refractivity (Wildman–Crippen MR) is 118 cm³/mol. The molecule has 0 aliphatic rings. The largest absolute Gasteiger partial charge is 0.398 e. The molecule has 0 radical (unpaired) electrons. The molecule has 2 aromatic carbocycles. The molecule has 2 N–H and O–H groups in total. The van der Waals surface area contributed by atoms with Crippen molar-refractivity contribution in [2.45, 2.75) is 20.0 Å². The zero-order chi connectivity index (χ0) is 21.1. The Morgan fingerprint density at radius 1 is 1.07 bits per heavy atom. The van der Waals surface area contributed by atoms with Crippen molar-refractivity contribution in [2.75, 3.05) is 12.3 Å². The average Bonchev–Trinajstić information content (AvgIpc) is 3.11. The zero-order valence-corrected chi connectivity index (χ0v) is 16.7. The normalized spacial score (nSPS) is 11.3. The Bertz CT molecular complexity index is 1190. The van der Waals surface area contributed by atoms with Crippen molar-refractivity contribution in [3.63, 3.8) is 0 Å². The predicted octanol–water partition coefficient (Wildman–Crippen LogP) is 4.51. The van der Waals surface area contributed by atoms with Gasteiger partial charge < -0.3 is 10.1 Å². The lowest BCUT2D eigenvalue weighted by Gasteiger charge is -2.21. The van der Waals surface area contributed by atoms with Crippen molar-refractivity contribution < 1.29 is 4.92 Å². The number of non-ortho nitro benzene ring substituents is 1. The number of benzene rings is 2. The minimum Gasteiger partial charge on any atom is -0.398 e. The van der Waals surface area contributed by atoms with Gasteiger partial charge in [0.05, 0.1) is 16.3 Å². The lowest BCUT2D eigenvalue weighted by atomic mass is 10.1. The Kier molecular flexibility index (Phi) is 5.45. The Morgan fingerprint density at radius 2 is 1.87 bits per heavy atom. The molecule has 0 aliphatic carbocycles. The van der Waals surface area contributed by atoms with Crippen LogP contribution in [0.1, 0.15) is 18.2 Å². The quantitative estimate of drug-likeness (QED) is 0.363. The van der Waals surface area contributed by atoms with E-state index in [4.69, 9.17) is 10.7 Å². The molecule has 0 atom stereocenters. The highest BCUT2D eigenvalue weighted by molar-refractivity contribution is 5.69. The number of nitro benzene ring substituents is 1. The molecule has 30 heavy (non-hydrogen) atoms. The summed E-state index contributed by atoms with van der Waals surface area (Å²) >= 11 is 0. The van der Waals surface area contributed by atoms with Crippen molar-refractivity contribution in [3.05, 3.63) is 94.3 Å². The minimum absolute atomic E-state index is 0.0478. The maximum atomic E-state index is 11.3. The van der Waals surface area contributed by atoms with Crippen LogP contribution in [0.4, 0.5) is 11.4 Å². The van der Waals surface area contributed by atoms with Gasteiger partial charge in [-0.2, -0.15) is 0 Å². The van der Waals surface area contributed by atoms with Gasteiger partial charge in [0.1, 0.15) is 5.65 Å². The zero-order valence-electron chi connectivity index (χ0n) is 16.7. The van der Waals surface area contributed by atoms with Gasteiger partial charge in [-0.15, -0.1) is 0 Å². The second kappa shape index (κ2) is 8.34. The summed E-state index contributed by atoms with van der Waals surface area (Å²) in [7, 11) is 0. The van der Waals surface area contributed by atoms with Gasteiger partial charge in [0.25, 0.3) is 5.69 Å². The molecule has 4 aromatic rings. The summed E-state index contributed by atoms with van der Waals surface area (Å²) in [6.45, 7) is 4.39. The molecule has 2 heterocycles. The van der Waals surface area contributed by atoms with Crippen molar-refractivity contribution in [1.29, 1.82) is 0 Å². The molecule has 152 valence electrons. The van der Waals surface area contributed by atoms with Gasteiger partial charge in [0.2, 0.25) is 0 Å². The summed E-state index contributed by atoms with van der Waals surface area (Å²) in [5.74, 6) is 0. The van der Waals surface area contributed by atoms with E-state index in [1.165, 1.54) is 11.6 Å². The number of nitrogen functional groups attached to an aromatic ring is 1. The van der Waals surface area contributed by atoms with E-state index in [1.807, 2.05) is 47.0 Å². The first-order valence-electron chi connectivity index (χ1n) is 9.82. The number of fused-ring (bicyclic) bond motifs is 1. The highest BCUT2D eigenvalue weighted by Gasteiger charge is 2.19. The summed E-state index contributed by atoms with van der Waals surface area (Å²) in [5.41, 5.74) is 11.1. The van der Waals surface area contributed by atoms with Gasteiger partial charge in [0, 0.05) is 42.7 Å². The fraction of sp³-hybridized carbons (Fsp3) is 0.174. The Morgan fingerprint density at radius 3 is 2.60 bits per heavy atom. The highest BCUT2D eigenvalue weighted by atomic mass is 16.6. The fourth-order valence-electron chi connectivity index (χ4n) is 3.59. The molecule has 0 saturated heterocycles. The van der Waals surface area contributed by atoms with Gasteiger partial charge in [0.15, 0.2) is 0 Å². The molecule has 0 bridgehead atoms. The second-order valence-electron chi connectivity index (χ2n) is 7.19. The van der Waals surface area contributed by atoms with E-state index in [1.54, 1.807) is 12.1 Å². The molecule has 2 aromatic heterocycles. The maximum absolute atomic E-state index is 11.3. The van der Waals surface area contributed by atoms with Gasteiger partial charge in [-0.3, -0.25) is 15.0 Å². The van der Waals surface area contributed by atoms with E-state index in [0.29, 0.717) is 12.2 Å². The van der Waals surface area contributed by atoms with E-state index >= 15 is 0 Å². The lowest BCUT2D eigenvalue weighted by Crippen LogP contribution is -2.23. The standard InChI is InChI=1S/C23H23N5O2/c1-2-26(14-17-7-4-3-5-8-17)16-21-23(18-9-6-10-20(13-18)28(29)30)25-22-12-11-19(24)15-27(21)22/h3-13,15H,2,14,16,24H2,1H3. The third-order valence-corrected chi connectivity index (χ3v) is 5.14. The number of nitrogens with zero attached hydrogens (tertiary/aromatic N) is 4. The number of hydrogen-bond acceptors (Lipinski definition) is 5. The molecule has 7 nitrogen and oxygen atoms in total. The topological polar surface area (TPSA) is 89.7 Å². The van der Waals surface area contributed by atoms with Crippen LogP contribution in [0, 0.1) is 10.1 Å². The summed E-state index contributed by atoms with van der Waals surface area (Å²) in [5, 5.41) is 11.3. The van der Waals surface area contributed by atoms with Crippen LogP contribution in [0.3, 0.4) is 0 Å². The molecular weight excluding hydrogens is 378 g/mol. The summed E-state index contributed by atoms with van der Waals surface area (Å²) in [6.07, 6.45) is 1.86. The minimum atomic E-state index is -0.384. The number of aromatic nitrogens is 2. The highest BCUT2D eigenvalue weighted by Crippen LogP contribution is 2.29. The Balaban J connectivity index is 1.78. The smallest absolute Gasteiger partial charge is 0.270 e. The third-order valence-electron chi connectivity index (χ3n) is 5.14. The van der Waals surface area contributed by atoms with Crippen LogP contribution in [0.5, 0.6) is 0 Å². The molecule has 7 heteroatoms. The van der Waals surface area contributed by atoms with Crippen LogP contribution in [0.2, 0.25) is 0 Å². The van der Waals surface area contributed by atoms with E-state index in [9.17, 15) is 10.1 Å². The number of imidazole rings is 1. The van der Waals surface area contributed by atoms with E-state index in [-0.39, 0.29) is 10.6 Å². The first-order chi connectivity index (χ1) is 14.5. The fourth-order valence-corrected chi connectivity index (χ4v) is 3.59. The number of nitrogens with two attached hydrogens (primary N) is 1. The molecule has 0 spiro atoms. The van der Waals surface area contributed by atoms with Crippen LogP contribution in [0.15, 0.2) is 72.9 Å². The molecule has 0 fully saturated rings. The molecule has 4 rings (SSSR count). The number of nitro groups is 1. The van der Waals surface area contributed by atoms with Crippen molar-refractivity contribution in [3.8, 4) is 11.3 Å². The Hall–Kier alpha value is -3.71. The van der Waals surface area contributed by atoms with Crippen molar-refractivity contribution in [1.82, 2.24) is 14.3 Å². The SMILES string of the molecule is CCN(Cc1ccccc1)Cc1c(-c2cccc([N+](=O)[O-])c2)nc2ccc(N)cn12. The number of anilines is 1. The van der Waals surface area contributed by atoms with Crippen LogP contribution in [0.25, 0.3) is 16.9 Å². The Labute approximate surface area is 174 Å². The second-order valence-corrected chi connectivity index (χ2v) is 7.19. The van der Waals surface area contributed by atoms with E-state index in [0.717, 1.165) is 35.7 Å². The summed E-state index contributed by atoms with van der Waals surface area (Å²) < 4.78 is 1.98. The van der Waals surface area contributed by atoms with Gasteiger partial charge >= 0.3 is 0 Å². The maximum Gasteiger partial charge on any atom is 0.270 e. The molecule has 0 saturated carbocycles. The van der Waals surface area contributed by atoms with Crippen molar-refractivity contribution in [2.24, 2.45) is 0 Å². The number of hydrogen-bond donors (Lipinski definition) is 1. The molecule has 0 amide bonds. The monoisotopic (exact) mass is 401 g/mol. The van der Waals surface area contributed by atoms with Gasteiger partial charge in [-0.1, -0.05) is 49.4 Å². The van der Waals surface area contributed by atoms with Crippen LogP contribution in [-0.2, 0) is 13.1 Å². The van der Waals surface area contributed by atoms with Crippen molar-refractivity contribution >= 4 is 17.0 Å². The van der Waals surface area contributed by atoms with Crippen LogP contribution in [-0.4, -0.2) is 25.8 Å². The molecule has 0 aliphatic heterocycles. The first kappa shape index (κ1) is 19.6. The van der Waals surface area contributed by atoms with Crippen LogP contribution < -0.4 is 5.73 Å². The van der Waals surface area contributed by atoms with E-state index < -0.39 is 0 Å². The van der Waals surface area contributed by atoms with Gasteiger partial charge in [-0.25, -0.2) is 4.98 Å². The average molecular weight is 401 g/mol.